The van der Waals surface area contributed by atoms with Gasteiger partial charge in [-0.1, -0.05) is 30.3 Å². The average molecular weight is 186 g/mol. The number of rotatable bonds is 0. The molecule has 2 aromatic carbocycles. The number of aliphatic hydroxyl groups excluding tert-OH is 1. The van der Waals surface area contributed by atoms with Crippen molar-refractivity contribution in [2.24, 2.45) is 0 Å². The Hall–Kier alpha value is -1.54. The van der Waals surface area contributed by atoms with E-state index >= 15 is 0 Å². The fraction of sp³-hybridized carbons (Fsp3) is 0.167. The van der Waals surface area contributed by atoms with E-state index in [0.29, 0.717) is 6.42 Å². The maximum absolute atomic E-state index is 9.49. The van der Waals surface area contributed by atoms with Gasteiger partial charge in [0, 0.05) is 11.8 Å². The molecule has 70 valence electrons. The van der Waals surface area contributed by atoms with Gasteiger partial charge < -0.3 is 9.84 Å². The van der Waals surface area contributed by atoms with Crippen LogP contribution in [0.3, 0.4) is 0 Å². The summed E-state index contributed by atoms with van der Waals surface area (Å²) < 4.78 is 5.36. The topological polar surface area (TPSA) is 29.5 Å². The lowest BCUT2D eigenvalue weighted by molar-refractivity contribution is -0.0181. The number of hydrogen-bond donors (Lipinski definition) is 1. The van der Waals surface area contributed by atoms with Crippen LogP contribution >= 0.6 is 0 Å². The van der Waals surface area contributed by atoms with Crippen molar-refractivity contribution in [3.8, 4) is 5.75 Å². The van der Waals surface area contributed by atoms with Crippen molar-refractivity contribution in [2.45, 2.75) is 12.7 Å². The highest BCUT2D eigenvalue weighted by molar-refractivity contribution is 5.91. The van der Waals surface area contributed by atoms with Gasteiger partial charge >= 0.3 is 0 Å². The fourth-order valence-corrected chi connectivity index (χ4v) is 2.03. The molecule has 0 radical (unpaired) electrons. The molecule has 0 aliphatic carbocycles. The van der Waals surface area contributed by atoms with Crippen molar-refractivity contribution in [1.29, 1.82) is 0 Å². The molecule has 14 heavy (non-hydrogen) atoms. The summed E-state index contributed by atoms with van der Waals surface area (Å²) in [5, 5.41) is 11.8. The molecule has 0 fully saturated rings. The van der Waals surface area contributed by atoms with Gasteiger partial charge in [0.25, 0.3) is 0 Å². The first kappa shape index (κ1) is 7.83. The molecule has 0 amide bonds. The Kier molecular flexibility index (Phi) is 1.52. The van der Waals surface area contributed by atoms with E-state index in [4.69, 9.17) is 4.74 Å². The Morgan fingerprint density at radius 1 is 1.14 bits per heavy atom. The van der Waals surface area contributed by atoms with Crippen molar-refractivity contribution in [1.82, 2.24) is 0 Å². The van der Waals surface area contributed by atoms with E-state index < -0.39 is 6.29 Å². The van der Waals surface area contributed by atoms with Crippen LogP contribution in [-0.4, -0.2) is 11.4 Å². The minimum absolute atomic E-state index is 0.578. The molecule has 0 saturated heterocycles. The van der Waals surface area contributed by atoms with Crippen molar-refractivity contribution in [3.05, 3.63) is 42.0 Å². The normalized spacial score (nSPS) is 19.4. The van der Waals surface area contributed by atoms with E-state index in [0.717, 1.165) is 16.7 Å². The van der Waals surface area contributed by atoms with Gasteiger partial charge in [-0.3, -0.25) is 0 Å². The van der Waals surface area contributed by atoms with Crippen molar-refractivity contribution in [2.75, 3.05) is 0 Å². The van der Waals surface area contributed by atoms with E-state index in [1.54, 1.807) is 0 Å². The smallest absolute Gasteiger partial charge is 0.201 e. The van der Waals surface area contributed by atoms with Crippen LogP contribution in [0.1, 0.15) is 5.56 Å². The quantitative estimate of drug-likeness (QED) is 0.682. The molecule has 1 aliphatic heterocycles. The molecule has 1 atom stereocenters. The molecule has 2 heteroatoms. The van der Waals surface area contributed by atoms with Gasteiger partial charge in [-0.05, 0) is 17.0 Å². The van der Waals surface area contributed by atoms with Gasteiger partial charge in [-0.25, -0.2) is 0 Å². The van der Waals surface area contributed by atoms with Crippen LogP contribution in [0.25, 0.3) is 10.8 Å². The fourth-order valence-electron chi connectivity index (χ4n) is 2.03. The molecule has 0 spiro atoms. The SMILES string of the molecule is OC1Cc2cccc3cccc(c23)O1. The van der Waals surface area contributed by atoms with Crippen LogP contribution in [-0.2, 0) is 6.42 Å². The molecule has 1 aliphatic rings. The molecular weight excluding hydrogens is 176 g/mol. The van der Waals surface area contributed by atoms with Crippen molar-refractivity contribution < 1.29 is 9.84 Å². The summed E-state index contributed by atoms with van der Waals surface area (Å²) in [6, 6.07) is 12.0. The summed E-state index contributed by atoms with van der Waals surface area (Å²) >= 11 is 0. The average Bonchev–Trinajstić information content (AvgIpc) is 2.18. The van der Waals surface area contributed by atoms with E-state index in [9.17, 15) is 5.11 Å². The van der Waals surface area contributed by atoms with Crippen LogP contribution in [0.15, 0.2) is 36.4 Å². The Morgan fingerprint density at radius 2 is 1.93 bits per heavy atom. The number of ether oxygens (including phenoxy) is 1. The van der Waals surface area contributed by atoms with Gasteiger partial charge in [-0.15, -0.1) is 0 Å². The lowest BCUT2D eigenvalue weighted by Crippen LogP contribution is -2.22. The van der Waals surface area contributed by atoms with E-state index in [-0.39, 0.29) is 0 Å². The van der Waals surface area contributed by atoms with Gasteiger partial charge in [0.1, 0.15) is 5.75 Å². The minimum atomic E-state index is -0.699. The molecule has 0 aromatic heterocycles. The molecule has 2 aromatic rings. The third-order valence-corrected chi connectivity index (χ3v) is 2.61. The number of hydrogen-bond acceptors (Lipinski definition) is 2. The zero-order chi connectivity index (χ0) is 9.54. The summed E-state index contributed by atoms with van der Waals surface area (Å²) in [6.45, 7) is 0. The predicted octanol–water partition coefficient (Wildman–Crippen LogP) is 2.09. The van der Waals surface area contributed by atoms with Crippen LogP contribution in [0.4, 0.5) is 0 Å². The zero-order valence-corrected chi connectivity index (χ0v) is 7.60. The third-order valence-electron chi connectivity index (χ3n) is 2.61. The second kappa shape index (κ2) is 2.72. The number of aliphatic hydroxyl groups is 1. The van der Waals surface area contributed by atoms with Crippen molar-refractivity contribution >= 4 is 10.8 Å². The third kappa shape index (κ3) is 1.01. The van der Waals surface area contributed by atoms with Crippen LogP contribution < -0.4 is 4.74 Å². The molecule has 1 heterocycles. The molecule has 3 rings (SSSR count). The maximum Gasteiger partial charge on any atom is 0.201 e. The second-order valence-electron chi connectivity index (χ2n) is 3.55. The van der Waals surface area contributed by atoms with E-state index in [1.807, 2.05) is 24.3 Å². The van der Waals surface area contributed by atoms with Gasteiger partial charge in [0.2, 0.25) is 6.29 Å². The van der Waals surface area contributed by atoms with Gasteiger partial charge in [0.05, 0.1) is 0 Å². The maximum atomic E-state index is 9.49. The van der Waals surface area contributed by atoms with Crippen LogP contribution in [0.2, 0.25) is 0 Å². The summed E-state index contributed by atoms with van der Waals surface area (Å²) in [5.74, 6) is 0.789. The lowest BCUT2D eigenvalue weighted by atomic mass is 9.99. The minimum Gasteiger partial charge on any atom is -0.464 e. The molecule has 0 saturated carbocycles. The Bertz CT molecular complexity index is 450. The van der Waals surface area contributed by atoms with E-state index in [1.165, 1.54) is 5.39 Å². The predicted molar refractivity (Wildman–Crippen MR) is 54.3 cm³/mol. The zero-order valence-electron chi connectivity index (χ0n) is 7.60. The molecular formula is C12H10O2. The molecule has 1 unspecified atom stereocenters. The highest BCUT2D eigenvalue weighted by atomic mass is 16.6. The standard InChI is InChI=1S/C12H10O2/c13-11-7-9-5-1-3-8-4-2-6-10(14-11)12(8)9/h1-6,11,13H,7H2. The Balaban J connectivity index is 2.40. The molecule has 1 N–H and O–H groups in total. The first-order chi connectivity index (χ1) is 6.84. The summed E-state index contributed by atoms with van der Waals surface area (Å²) in [7, 11) is 0. The Morgan fingerprint density at radius 3 is 2.79 bits per heavy atom. The van der Waals surface area contributed by atoms with Crippen LogP contribution in [0.5, 0.6) is 5.75 Å². The Labute approximate surface area is 81.7 Å². The van der Waals surface area contributed by atoms with Gasteiger partial charge in [-0.2, -0.15) is 0 Å². The van der Waals surface area contributed by atoms with E-state index in [2.05, 4.69) is 12.1 Å². The highest BCUT2D eigenvalue weighted by Gasteiger charge is 2.18. The van der Waals surface area contributed by atoms with Gasteiger partial charge in [0.15, 0.2) is 0 Å². The monoisotopic (exact) mass is 186 g/mol. The van der Waals surface area contributed by atoms with Crippen LogP contribution in [0, 0.1) is 0 Å². The van der Waals surface area contributed by atoms with Crippen molar-refractivity contribution in [3.63, 3.8) is 0 Å². The first-order valence-corrected chi connectivity index (χ1v) is 4.70. The first-order valence-electron chi connectivity index (χ1n) is 4.70. The molecule has 2 nitrogen and oxygen atoms in total. The second-order valence-corrected chi connectivity index (χ2v) is 3.55. The lowest BCUT2D eigenvalue weighted by Gasteiger charge is -2.22. The summed E-state index contributed by atoms with van der Waals surface area (Å²) in [4.78, 5) is 0. The number of benzene rings is 2. The highest BCUT2D eigenvalue weighted by Crippen LogP contribution is 2.33. The largest absolute Gasteiger partial charge is 0.464 e. The molecule has 0 bridgehead atoms. The summed E-state index contributed by atoms with van der Waals surface area (Å²) in [6.07, 6.45) is -0.121. The summed E-state index contributed by atoms with van der Waals surface area (Å²) in [5.41, 5.74) is 1.16.